The van der Waals surface area contributed by atoms with Crippen LogP contribution >= 0.6 is 0 Å². The highest BCUT2D eigenvalue weighted by molar-refractivity contribution is 6.00. The van der Waals surface area contributed by atoms with Crippen LogP contribution in [-0.2, 0) is 6.54 Å². The number of para-hydroxylation sites is 2. The van der Waals surface area contributed by atoms with E-state index in [-0.39, 0.29) is 5.91 Å². The number of nitrogens with zero attached hydrogens (tertiary/aromatic N) is 3. The van der Waals surface area contributed by atoms with Gasteiger partial charge in [0.15, 0.2) is 5.76 Å². The summed E-state index contributed by atoms with van der Waals surface area (Å²) in [4.78, 5) is 17.3. The number of carbonyl (C=O) groups excluding carboxylic acids is 1. The Morgan fingerprint density at radius 1 is 1.04 bits per heavy atom. The summed E-state index contributed by atoms with van der Waals surface area (Å²) in [6.07, 6.45) is 0. The first-order chi connectivity index (χ1) is 13.7. The van der Waals surface area contributed by atoms with Crippen LogP contribution in [0.3, 0.4) is 0 Å². The molecule has 3 aromatic rings. The van der Waals surface area contributed by atoms with Crippen LogP contribution < -0.4 is 5.32 Å². The van der Waals surface area contributed by atoms with Crippen LogP contribution in [-0.4, -0.2) is 47.0 Å². The second-order valence-corrected chi connectivity index (χ2v) is 7.04. The van der Waals surface area contributed by atoms with Crippen LogP contribution in [0.4, 0.5) is 11.4 Å². The van der Waals surface area contributed by atoms with E-state index in [0.29, 0.717) is 18.7 Å². The van der Waals surface area contributed by atoms with Crippen molar-refractivity contribution in [3.63, 3.8) is 0 Å². The lowest BCUT2D eigenvalue weighted by atomic mass is 10.1. The molecule has 0 unspecified atom stereocenters. The number of aryl methyl sites for hydroxylation is 1. The summed E-state index contributed by atoms with van der Waals surface area (Å²) < 4.78 is 5.30. The van der Waals surface area contributed by atoms with Crippen LogP contribution in [0.15, 0.2) is 65.2 Å². The predicted octanol–water partition coefficient (Wildman–Crippen LogP) is 3.68. The summed E-state index contributed by atoms with van der Waals surface area (Å²) in [6, 6.07) is 19.6. The average Bonchev–Trinajstić information content (AvgIpc) is 3.14. The van der Waals surface area contributed by atoms with Gasteiger partial charge in [0, 0.05) is 37.9 Å². The monoisotopic (exact) mass is 376 g/mol. The van der Waals surface area contributed by atoms with E-state index in [1.807, 2.05) is 72.5 Å². The van der Waals surface area contributed by atoms with Gasteiger partial charge < -0.3 is 14.7 Å². The van der Waals surface area contributed by atoms with E-state index < -0.39 is 0 Å². The lowest BCUT2D eigenvalue weighted by Gasteiger charge is -2.34. The molecular weight excluding hydrogens is 352 g/mol. The molecule has 1 aliphatic rings. The number of piperazine rings is 1. The molecule has 0 radical (unpaired) electrons. The van der Waals surface area contributed by atoms with Crippen LogP contribution in [0, 0.1) is 6.92 Å². The van der Waals surface area contributed by atoms with Crippen molar-refractivity contribution in [2.45, 2.75) is 13.5 Å². The molecule has 2 aromatic carbocycles. The number of rotatable bonds is 5. The molecule has 1 amide bonds. The van der Waals surface area contributed by atoms with E-state index in [0.717, 1.165) is 42.5 Å². The normalized spacial score (nSPS) is 14.8. The maximum absolute atomic E-state index is 13.1. The van der Waals surface area contributed by atoms with Crippen LogP contribution in [0.25, 0.3) is 0 Å². The largest absolute Gasteiger partial charge is 0.360 e. The van der Waals surface area contributed by atoms with E-state index in [1.165, 1.54) is 0 Å². The lowest BCUT2D eigenvalue weighted by Crippen LogP contribution is -2.48. The summed E-state index contributed by atoms with van der Waals surface area (Å²) in [6.45, 7) is 5.69. The molecule has 0 bridgehead atoms. The Morgan fingerprint density at radius 3 is 2.46 bits per heavy atom. The Balaban J connectivity index is 1.40. The van der Waals surface area contributed by atoms with Gasteiger partial charge in [0.2, 0.25) is 0 Å². The lowest BCUT2D eigenvalue weighted by molar-refractivity contribution is 0.0618. The van der Waals surface area contributed by atoms with Gasteiger partial charge in [0.25, 0.3) is 5.91 Å². The quantitative estimate of drug-likeness (QED) is 0.736. The number of hydrogen-bond acceptors (Lipinski definition) is 5. The molecular formula is C22H24N4O2. The van der Waals surface area contributed by atoms with Crippen molar-refractivity contribution in [2.75, 3.05) is 31.5 Å². The topological polar surface area (TPSA) is 61.6 Å². The first kappa shape index (κ1) is 18.3. The van der Waals surface area contributed by atoms with Gasteiger partial charge in [-0.15, -0.1) is 0 Å². The fraction of sp³-hybridized carbons (Fsp3) is 0.273. The molecule has 0 spiro atoms. The van der Waals surface area contributed by atoms with Gasteiger partial charge in [-0.3, -0.25) is 9.69 Å². The molecule has 1 fully saturated rings. The summed E-state index contributed by atoms with van der Waals surface area (Å²) in [5, 5.41) is 7.29. The molecule has 28 heavy (non-hydrogen) atoms. The number of benzene rings is 2. The molecule has 2 heterocycles. The van der Waals surface area contributed by atoms with E-state index in [2.05, 4.69) is 15.4 Å². The minimum atomic E-state index is 0.0641. The Kier molecular flexibility index (Phi) is 5.39. The smallest absolute Gasteiger partial charge is 0.256 e. The van der Waals surface area contributed by atoms with Crippen molar-refractivity contribution < 1.29 is 9.32 Å². The Bertz CT molecular complexity index is 930. The average molecular weight is 376 g/mol. The second-order valence-electron chi connectivity index (χ2n) is 7.04. The van der Waals surface area contributed by atoms with E-state index in [9.17, 15) is 4.79 Å². The van der Waals surface area contributed by atoms with E-state index in [1.54, 1.807) is 0 Å². The highest BCUT2D eigenvalue weighted by Crippen LogP contribution is 2.23. The first-order valence-electron chi connectivity index (χ1n) is 9.54. The zero-order valence-electron chi connectivity index (χ0n) is 16.0. The van der Waals surface area contributed by atoms with Crippen molar-refractivity contribution >= 4 is 17.3 Å². The van der Waals surface area contributed by atoms with Gasteiger partial charge in [-0.25, -0.2) is 0 Å². The Labute approximate surface area is 164 Å². The van der Waals surface area contributed by atoms with Crippen molar-refractivity contribution in [2.24, 2.45) is 0 Å². The Hall–Kier alpha value is -3.12. The molecule has 4 rings (SSSR count). The Morgan fingerprint density at radius 2 is 1.75 bits per heavy atom. The van der Waals surface area contributed by atoms with Gasteiger partial charge >= 0.3 is 0 Å². The van der Waals surface area contributed by atoms with Gasteiger partial charge in [-0.1, -0.05) is 35.5 Å². The van der Waals surface area contributed by atoms with Crippen molar-refractivity contribution in [1.29, 1.82) is 0 Å². The van der Waals surface area contributed by atoms with Gasteiger partial charge in [-0.05, 0) is 31.2 Å². The first-order valence-corrected chi connectivity index (χ1v) is 9.54. The summed E-state index contributed by atoms with van der Waals surface area (Å²) >= 11 is 0. The molecule has 1 aromatic heterocycles. The molecule has 6 nitrogen and oxygen atoms in total. The number of anilines is 2. The highest BCUT2D eigenvalue weighted by Gasteiger charge is 2.24. The molecule has 144 valence electrons. The summed E-state index contributed by atoms with van der Waals surface area (Å²) in [5.74, 6) is 0.934. The maximum atomic E-state index is 13.1. The molecule has 6 heteroatoms. The summed E-state index contributed by atoms with van der Waals surface area (Å²) in [5.41, 5.74) is 3.39. The van der Waals surface area contributed by atoms with Crippen molar-refractivity contribution in [3.05, 3.63) is 77.7 Å². The number of amides is 1. The van der Waals surface area contributed by atoms with Gasteiger partial charge in [-0.2, -0.15) is 0 Å². The van der Waals surface area contributed by atoms with Gasteiger partial charge in [0.1, 0.15) is 0 Å². The number of nitrogens with one attached hydrogen (secondary N) is 1. The molecule has 0 atom stereocenters. The molecule has 1 N–H and O–H groups in total. The van der Waals surface area contributed by atoms with Crippen molar-refractivity contribution in [1.82, 2.24) is 15.0 Å². The van der Waals surface area contributed by atoms with Crippen LogP contribution in [0.2, 0.25) is 0 Å². The summed E-state index contributed by atoms with van der Waals surface area (Å²) in [7, 11) is 0. The third-order valence-electron chi connectivity index (χ3n) is 4.93. The third-order valence-corrected chi connectivity index (χ3v) is 4.93. The van der Waals surface area contributed by atoms with Gasteiger partial charge in [0.05, 0.1) is 23.5 Å². The van der Waals surface area contributed by atoms with Crippen molar-refractivity contribution in [3.8, 4) is 0 Å². The zero-order valence-corrected chi connectivity index (χ0v) is 16.0. The third kappa shape index (κ3) is 4.23. The number of hydrogen-bond donors (Lipinski definition) is 1. The van der Waals surface area contributed by atoms with Crippen LogP contribution in [0.5, 0.6) is 0 Å². The SMILES string of the molecule is Cc1cc(CN2CCN(C(=O)c3ccccc3Nc3ccccc3)CC2)on1. The molecule has 1 aliphatic heterocycles. The molecule has 0 aliphatic carbocycles. The molecule has 0 saturated carbocycles. The van der Waals surface area contributed by atoms with Crippen LogP contribution in [0.1, 0.15) is 21.8 Å². The standard InChI is InChI=1S/C22H24N4O2/c1-17-15-19(28-24-17)16-25-11-13-26(14-12-25)22(27)20-9-5-6-10-21(20)23-18-7-3-2-4-8-18/h2-10,15,23H,11-14,16H2,1H3. The minimum Gasteiger partial charge on any atom is -0.360 e. The van der Waals surface area contributed by atoms with E-state index in [4.69, 9.17) is 4.52 Å². The zero-order chi connectivity index (χ0) is 19.3. The number of aromatic nitrogens is 1. The highest BCUT2D eigenvalue weighted by atomic mass is 16.5. The maximum Gasteiger partial charge on any atom is 0.256 e. The fourth-order valence-electron chi connectivity index (χ4n) is 3.45. The number of carbonyl (C=O) groups is 1. The molecule has 1 saturated heterocycles. The van der Waals surface area contributed by atoms with E-state index >= 15 is 0 Å². The predicted molar refractivity (Wildman–Crippen MR) is 109 cm³/mol. The minimum absolute atomic E-state index is 0.0641. The second kappa shape index (κ2) is 8.27. The fourth-order valence-corrected chi connectivity index (χ4v) is 3.45.